The van der Waals surface area contributed by atoms with Crippen molar-refractivity contribution >= 4 is 11.6 Å². The Morgan fingerprint density at radius 3 is 2.75 bits per heavy atom. The SMILES string of the molecule is CCc1nc(N)cc(N2CCC(C)(C)C2)n1. The number of hydrogen-bond donors (Lipinski definition) is 1. The fourth-order valence-electron chi connectivity index (χ4n) is 2.13. The van der Waals surface area contributed by atoms with Crippen LogP contribution in [0.5, 0.6) is 0 Å². The van der Waals surface area contributed by atoms with Crippen LogP contribution in [-0.4, -0.2) is 23.1 Å². The Hall–Kier alpha value is -1.32. The van der Waals surface area contributed by atoms with Gasteiger partial charge in [0.05, 0.1) is 0 Å². The maximum absolute atomic E-state index is 5.79. The molecule has 0 radical (unpaired) electrons. The first-order valence-corrected chi connectivity index (χ1v) is 5.88. The Bertz CT molecular complexity index is 387. The van der Waals surface area contributed by atoms with Crippen molar-refractivity contribution in [3.63, 3.8) is 0 Å². The predicted molar refractivity (Wildman–Crippen MR) is 66.4 cm³/mol. The molecule has 0 aromatic carbocycles. The number of aryl methyl sites for hydroxylation is 1. The highest BCUT2D eigenvalue weighted by Gasteiger charge is 2.30. The average Bonchev–Trinajstić information content (AvgIpc) is 2.58. The van der Waals surface area contributed by atoms with Gasteiger partial charge >= 0.3 is 0 Å². The molecular weight excluding hydrogens is 200 g/mol. The molecule has 1 aliphatic heterocycles. The van der Waals surface area contributed by atoms with E-state index in [1.807, 2.05) is 13.0 Å². The van der Waals surface area contributed by atoms with E-state index in [-0.39, 0.29) is 0 Å². The second kappa shape index (κ2) is 3.92. The van der Waals surface area contributed by atoms with Gasteiger partial charge in [-0.2, -0.15) is 0 Å². The van der Waals surface area contributed by atoms with Gasteiger partial charge in [-0.15, -0.1) is 0 Å². The highest BCUT2D eigenvalue weighted by atomic mass is 15.2. The molecule has 88 valence electrons. The van der Waals surface area contributed by atoms with Crippen molar-refractivity contribution in [2.45, 2.75) is 33.6 Å². The Balaban J connectivity index is 2.24. The summed E-state index contributed by atoms with van der Waals surface area (Å²) in [6.45, 7) is 8.74. The topological polar surface area (TPSA) is 55.0 Å². The molecule has 1 aliphatic rings. The lowest BCUT2D eigenvalue weighted by atomic mass is 9.93. The third-order valence-corrected chi connectivity index (χ3v) is 3.10. The molecule has 1 saturated heterocycles. The smallest absolute Gasteiger partial charge is 0.134 e. The number of rotatable bonds is 2. The van der Waals surface area contributed by atoms with E-state index in [1.165, 1.54) is 6.42 Å². The van der Waals surface area contributed by atoms with Gasteiger partial charge in [0.25, 0.3) is 0 Å². The largest absolute Gasteiger partial charge is 0.384 e. The fourth-order valence-corrected chi connectivity index (χ4v) is 2.13. The van der Waals surface area contributed by atoms with Gasteiger partial charge in [-0.05, 0) is 11.8 Å². The molecule has 1 fully saturated rings. The summed E-state index contributed by atoms with van der Waals surface area (Å²) >= 11 is 0. The van der Waals surface area contributed by atoms with Crippen molar-refractivity contribution in [3.8, 4) is 0 Å². The predicted octanol–water partition coefficient (Wildman–Crippen LogP) is 1.86. The van der Waals surface area contributed by atoms with Crippen molar-refractivity contribution in [2.24, 2.45) is 5.41 Å². The number of hydrogen-bond acceptors (Lipinski definition) is 4. The third kappa shape index (κ3) is 2.26. The van der Waals surface area contributed by atoms with Gasteiger partial charge in [-0.1, -0.05) is 20.8 Å². The summed E-state index contributed by atoms with van der Waals surface area (Å²) in [4.78, 5) is 11.0. The van der Waals surface area contributed by atoms with Gasteiger partial charge in [-0.25, -0.2) is 9.97 Å². The number of nitrogens with zero attached hydrogens (tertiary/aromatic N) is 3. The first kappa shape index (κ1) is 11.2. The van der Waals surface area contributed by atoms with Crippen LogP contribution in [0.4, 0.5) is 11.6 Å². The second-order valence-electron chi connectivity index (χ2n) is 5.26. The summed E-state index contributed by atoms with van der Waals surface area (Å²) in [7, 11) is 0. The zero-order valence-electron chi connectivity index (χ0n) is 10.3. The molecule has 1 aromatic heterocycles. The lowest BCUT2D eigenvalue weighted by Crippen LogP contribution is -2.24. The summed E-state index contributed by atoms with van der Waals surface area (Å²) in [5.74, 6) is 2.39. The highest BCUT2D eigenvalue weighted by molar-refractivity contribution is 5.48. The number of aromatic nitrogens is 2. The van der Waals surface area contributed by atoms with Crippen LogP contribution in [0.1, 0.15) is 33.0 Å². The number of anilines is 2. The van der Waals surface area contributed by atoms with E-state index in [4.69, 9.17) is 5.73 Å². The molecule has 0 amide bonds. The Labute approximate surface area is 96.9 Å². The quantitative estimate of drug-likeness (QED) is 0.826. The summed E-state index contributed by atoms with van der Waals surface area (Å²) in [6, 6.07) is 1.88. The minimum absolute atomic E-state index is 0.381. The first-order valence-electron chi connectivity index (χ1n) is 5.88. The lowest BCUT2D eigenvalue weighted by Gasteiger charge is -2.21. The first-order chi connectivity index (χ1) is 7.50. The van der Waals surface area contributed by atoms with Crippen LogP contribution in [0.2, 0.25) is 0 Å². The van der Waals surface area contributed by atoms with Crippen molar-refractivity contribution in [2.75, 3.05) is 23.7 Å². The van der Waals surface area contributed by atoms with Crippen LogP contribution in [0.25, 0.3) is 0 Å². The molecule has 2 heterocycles. The van der Waals surface area contributed by atoms with Crippen molar-refractivity contribution < 1.29 is 0 Å². The Kier molecular flexibility index (Phi) is 2.74. The Morgan fingerprint density at radius 1 is 1.44 bits per heavy atom. The summed E-state index contributed by atoms with van der Waals surface area (Å²) in [5.41, 5.74) is 6.17. The van der Waals surface area contributed by atoms with Crippen LogP contribution >= 0.6 is 0 Å². The van der Waals surface area contributed by atoms with Crippen molar-refractivity contribution in [3.05, 3.63) is 11.9 Å². The van der Waals surface area contributed by atoms with Gasteiger partial charge < -0.3 is 10.6 Å². The van der Waals surface area contributed by atoms with Crippen LogP contribution in [0.15, 0.2) is 6.07 Å². The maximum Gasteiger partial charge on any atom is 0.134 e. The standard InChI is InChI=1S/C12H20N4/c1-4-10-14-9(13)7-11(15-10)16-6-5-12(2,3)8-16/h7H,4-6,8H2,1-3H3,(H2,13,14,15). The summed E-state index contributed by atoms with van der Waals surface area (Å²) in [5, 5.41) is 0. The summed E-state index contributed by atoms with van der Waals surface area (Å²) < 4.78 is 0. The van der Waals surface area contributed by atoms with Gasteiger partial charge in [0, 0.05) is 25.6 Å². The molecule has 2 N–H and O–H groups in total. The van der Waals surface area contributed by atoms with Crippen LogP contribution in [0.3, 0.4) is 0 Å². The van der Waals surface area contributed by atoms with E-state index >= 15 is 0 Å². The molecule has 4 heteroatoms. The van der Waals surface area contributed by atoms with E-state index < -0.39 is 0 Å². The van der Waals surface area contributed by atoms with Crippen molar-refractivity contribution in [1.29, 1.82) is 0 Å². The fraction of sp³-hybridized carbons (Fsp3) is 0.667. The molecule has 4 nitrogen and oxygen atoms in total. The zero-order valence-corrected chi connectivity index (χ0v) is 10.3. The summed E-state index contributed by atoms with van der Waals surface area (Å²) in [6.07, 6.45) is 2.04. The van der Waals surface area contributed by atoms with Gasteiger partial charge in [-0.3, -0.25) is 0 Å². The van der Waals surface area contributed by atoms with Crippen LogP contribution in [0, 0.1) is 5.41 Å². The van der Waals surface area contributed by atoms with Gasteiger partial charge in [0.2, 0.25) is 0 Å². The van der Waals surface area contributed by atoms with Crippen LogP contribution < -0.4 is 10.6 Å². The Morgan fingerprint density at radius 2 is 2.19 bits per heavy atom. The van der Waals surface area contributed by atoms with Crippen molar-refractivity contribution in [1.82, 2.24) is 9.97 Å². The zero-order chi connectivity index (χ0) is 11.8. The number of nitrogen functional groups attached to an aromatic ring is 1. The second-order valence-corrected chi connectivity index (χ2v) is 5.26. The molecule has 0 aliphatic carbocycles. The molecule has 0 unspecified atom stereocenters. The molecule has 0 saturated carbocycles. The van der Waals surface area contributed by atoms with E-state index in [2.05, 4.69) is 28.7 Å². The third-order valence-electron chi connectivity index (χ3n) is 3.10. The molecule has 0 atom stereocenters. The molecule has 0 spiro atoms. The molecule has 1 aromatic rings. The normalized spacial score (nSPS) is 19.1. The molecule has 0 bridgehead atoms. The molecule has 2 rings (SSSR count). The van der Waals surface area contributed by atoms with Crippen LogP contribution in [-0.2, 0) is 6.42 Å². The van der Waals surface area contributed by atoms with E-state index in [0.29, 0.717) is 11.2 Å². The molecule has 16 heavy (non-hydrogen) atoms. The highest BCUT2D eigenvalue weighted by Crippen LogP contribution is 2.31. The lowest BCUT2D eigenvalue weighted by molar-refractivity contribution is 0.418. The van der Waals surface area contributed by atoms with Gasteiger partial charge in [0.1, 0.15) is 17.5 Å². The van der Waals surface area contributed by atoms with E-state index in [0.717, 1.165) is 31.2 Å². The molecular formula is C12H20N4. The van der Waals surface area contributed by atoms with E-state index in [9.17, 15) is 0 Å². The van der Waals surface area contributed by atoms with E-state index in [1.54, 1.807) is 0 Å². The minimum Gasteiger partial charge on any atom is -0.384 e. The monoisotopic (exact) mass is 220 g/mol. The maximum atomic E-state index is 5.79. The van der Waals surface area contributed by atoms with Gasteiger partial charge in [0.15, 0.2) is 0 Å². The average molecular weight is 220 g/mol. The number of nitrogens with two attached hydrogens (primary N) is 1. The minimum atomic E-state index is 0.381.